The minimum absolute atomic E-state index is 0.149. The van der Waals surface area contributed by atoms with Gasteiger partial charge in [0.2, 0.25) is 0 Å². The van der Waals surface area contributed by atoms with E-state index in [0.29, 0.717) is 0 Å². The Hall–Kier alpha value is -2.13. The molecule has 1 saturated heterocycles. The summed E-state index contributed by atoms with van der Waals surface area (Å²) in [7, 11) is 0. The van der Waals surface area contributed by atoms with E-state index in [2.05, 4.69) is 72.9 Å². The molecule has 3 heteroatoms. The molecule has 1 fully saturated rings. The maximum atomic E-state index is 9.75. The maximum Gasteiger partial charge on any atom is 0.0667 e. The third-order valence-corrected chi connectivity index (χ3v) is 5.14. The van der Waals surface area contributed by atoms with Gasteiger partial charge in [0.05, 0.1) is 5.71 Å². The molecule has 1 aliphatic heterocycles. The molecule has 0 bridgehead atoms. The number of oxime groups is 1. The fraction of sp³-hybridized carbons (Fsp3) is 0.381. The van der Waals surface area contributed by atoms with Crippen LogP contribution in [0.1, 0.15) is 49.9 Å². The Kier molecular flexibility index (Phi) is 5.31. The minimum atomic E-state index is 0.149. The zero-order chi connectivity index (χ0) is 16.9. The highest BCUT2D eigenvalue weighted by Gasteiger charge is 2.40. The smallest absolute Gasteiger partial charge is 0.0667 e. The van der Waals surface area contributed by atoms with Crippen molar-refractivity contribution < 1.29 is 5.21 Å². The summed E-state index contributed by atoms with van der Waals surface area (Å²) in [4.78, 5) is 0. The number of nitrogens with one attached hydrogen (secondary N) is 1. The van der Waals surface area contributed by atoms with E-state index in [9.17, 15) is 5.21 Å². The molecule has 2 aromatic rings. The molecule has 24 heavy (non-hydrogen) atoms. The molecule has 0 unspecified atom stereocenters. The van der Waals surface area contributed by atoms with Crippen molar-refractivity contribution in [2.75, 3.05) is 0 Å². The average molecular weight is 322 g/mol. The number of hydrogen-bond acceptors (Lipinski definition) is 3. The molecule has 1 heterocycles. The summed E-state index contributed by atoms with van der Waals surface area (Å²) in [6, 6.07) is 21.3. The molecule has 0 radical (unpaired) electrons. The van der Waals surface area contributed by atoms with Gasteiger partial charge in [-0.25, -0.2) is 0 Å². The third kappa shape index (κ3) is 3.22. The Bertz CT molecular complexity index is 669. The summed E-state index contributed by atoms with van der Waals surface area (Å²) in [5, 5.41) is 17.3. The molecule has 126 valence electrons. The summed E-state index contributed by atoms with van der Waals surface area (Å²) in [5.74, 6) is 0.381. The minimum Gasteiger partial charge on any atom is -0.411 e. The van der Waals surface area contributed by atoms with Crippen LogP contribution in [0.4, 0.5) is 0 Å². The van der Waals surface area contributed by atoms with Crippen LogP contribution in [0.3, 0.4) is 0 Å². The molecular formula is C21H26N2O. The van der Waals surface area contributed by atoms with E-state index in [1.165, 1.54) is 11.1 Å². The molecule has 0 aliphatic carbocycles. The van der Waals surface area contributed by atoms with E-state index in [0.717, 1.165) is 18.6 Å². The van der Waals surface area contributed by atoms with Gasteiger partial charge >= 0.3 is 0 Å². The summed E-state index contributed by atoms with van der Waals surface area (Å²) in [6.07, 6.45) is 2.08. The molecule has 0 amide bonds. The third-order valence-electron chi connectivity index (χ3n) is 5.14. The number of piperidine rings is 1. The van der Waals surface area contributed by atoms with Crippen molar-refractivity contribution >= 4 is 5.71 Å². The lowest BCUT2D eigenvalue weighted by atomic mass is 9.73. The Morgan fingerprint density at radius 1 is 0.917 bits per heavy atom. The first-order chi connectivity index (χ1) is 11.8. The van der Waals surface area contributed by atoms with Crippen molar-refractivity contribution in [2.45, 2.75) is 38.8 Å². The topological polar surface area (TPSA) is 44.6 Å². The second-order valence-corrected chi connectivity index (χ2v) is 6.65. The van der Waals surface area contributed by atoms with Gasteiger partial charge in [0.15, 0.2) is 0 Å². The van der Waals surface area contributed by atoms with Crippen LogP contribution >= 0.6 is 0 Å². The normalized spacial score (nSPS) is 28.8. The fourth-order valence-electron chi connectivity index (χ4n) is 3.96. The summed E-state index contributed by atoms with van der Waals surface area (Å²) >= 11 is 0. The van der Waals surface area contributed by atoms with Crippen LogP contribution in [0, 0.1) is 11.8 Å². The second kappa shape index (κ2) is 7.63. The zero-order valence-corrected chi connectivity index (χ0v) is 14.4. The van der Waals surface area contributed by atoms with Gasteiger partial charge in [0, 0.05) is 23.9 Å². The van der Waals surface area contributed by atoms with E-state index >= 15 is 0 Å². The van der Waals surface area contributed by atoms with Gasteiger partial charge in [-0.3, -0.25) is 0 Å². The van der Waals surface area contributed by atoms with E-state index in [4.69, 9.17) is 0 Å². The van der Waals surface area contributed by atoms with Crippen LogP contribution in [0.5, 0.6) is 0 Å². The largest absolute Gasteiger partial charge is 0.411 e. The maximum absolute atomic E-state index is 9.75. The predicted octanol–water partition coefficient (Wildman–Crippen LogP) is 4.95. The van der Waals surface area contributed by atoms with Crippen LogP contribution in [0.2, 0.25) is 0 Å². The molecular weight excluding hydrogens is 296 g/mol. The molecule has 1 aliphatic rings. The lowest BCUT2D eigenvalue weighted by Crippen LogP contribution is -2.47. The summed E-state index contributed by atoms with van der Waals surface area (Å²) in [6.45, 7) is 4.34. The van der Waals surface area contributed by atoms with Crippen LogP contribution in [0.25, 0.3) is 0 Å². The van der Waals surface area contributed by atoms with Crippen LogP contribution in [-0.2, 0) is 0 Å². The van der Waals surface area contributed by atoms with Gasteiger partial charge in [0.25, 0.3) is 0 Å². The number of hydrogen-bond donors (Lipinski definition) is 2. The second-order valence-electron chi connectivity index (χ2n) is 6.65. The van der Waals surface area contributed by atoms with Crippen molar-refractivity contribution in [3.05, 3.63) is 71.8 Å². The first kappa shape index (κ1) is 16.7. The first-order valence-electron chi connectivity index (χ1n) is 8.84. The van der Waals surface area contributed by atoms with E-state index < -0.39 is 0 Å². The molecule has 4 atom stereocenters. The highest BCUT2D eigenvalue weighted by Crippen LogP contribution is 2.40. The standard InChI is InChI=1S/C21H26N2O/c1-3-10-18-20(23-24)15(2)19(16-11-6-4-7-12-16)22-21(18)17-13-8-5-9-14-17/h4-9,11-15,18-19,21-22,24H,3,10H2,1-2H3/b23-20+/t15-,18-,19-,21-/m1/s1. The number of benzene rings is 2. The molecule has 0 spiro atoms. The van der Waals surface area contributed by atoms with Crippen molar-refractivity contribution in [3.63, 3.8) is 0 Å². The van der Waals surface area contributed by atoms with Gasteiger partial charge in [-0.05, 0) is 17.5 Å². The summed E-state index contributed by atoms with van der Waals surface area (Å²) < 4.78 is 0. The molecule has 0 saturated carbocycles. The molecule has 3 nitrogen and oxygen atoms in total. The molecule has 3 rings (SSSR count). The van der Waals surface area contributed by atoms with Gasteiger partial charge < -0.3 is 10.5 Å². The summed E-state index contributed by atoms with van der Waals surface area (Å²) in [5.41, 5.74) is 3.41. The SMILES string of the molecule is CCC[C@@H]1/C(=N/O)[C@H](C)[C@H](c2ccccc2)N[C@@H]1c1ccccc1. The fourth-order valence-corrected chi connectivity index (χ4v) is 3.96. The highest BCUT2D eigenvalue weighted by atomic mass is 16.4. The van der Waals surface area contributed by atoms with Gasteiger partial charge in [0.1, 0.15) is 0 Å². The van der Waals surface area contributed by atoms with Crippen molar-refractivity contribution in [1.82, 2.24) is 5.32 Å². The predicted molar refractivity (Wildman–Crippen MR) is 98.3 cm³/mol. The zero-order valence-electron chi connectivity index (χ0n) is 14.4. The van der Waals surface area contributed by atoms with Crippen LogP contribution in [0.15, 0.2) is 65.8 Å². The van der Waals surface area contributed by atoms with Crippen LogP contribution in [-0.4, -0.2) is 10.9 Å². The van der Waals surface area contributed by atoms with Gasteiger partial charge in [-0.1, -0.05) is 86.1 Å². The quantitative estimate of drug-likeness (QED) is 0.617. The van der Waals surface area contributed by atoms with Crippen molar-refractivity contribution in [1.29, 1.82) is 0 Å². The van der Waals surface area contributed by atoms with Gasteiger partial charge in [-0.15, -0.1) is 0 Å². The van der Waals surface area contributed by atoms with Gasteiger partial charge in [-0.2, -0.15) is 0 Å². The number of rotatable bonds is 4. The lowest BCUT2D eigenvalue weighted by Gasteiger charge is -2.42. The first-order valence-corrected chi connectivity index (χ1v) is 8.84. The Labute approximate surface area is 144 Å². The average Bonchev–Trinajstić information content (AvgIpc) is 2.64. The van der Waals surface area contributed by atoms with E-state index in [1.807, 2.05) is 12.1 Å². The lowest BCUT2D eigenvalue weighted by molar-refractivity contribution is 0.258. The molecule has 2 aromatic carbocycles. The number of nitrogens with zero attached hydrogens (tertiary/aromatic N) is 1. The molecule has 0 aromatic heterocycles. The Balaban J connectivity index is 2.01. The molecule has 2 N–H and O–H groups in total. The monoisotopic (exact) mass is 322 g/mol. The highest BCUT2D eigenvalue weighted by molar-refractivity contribution is 5.90. The van der Waals surface area contributed by atoms with E-state index in [1.54, 1.807) is 0 Å². The van der Waals surface area contributed by atoms with Crippen molar-refractivity contribution in [2.24, 2.45) is 17.0 Å². The van der Waals surface area contributed by atoms with E-state index in [-0.39, 0.29) is 23.9 Å². The van der Waals surface area contributed by atoms with Crippen molar-refractivity contribution in [3.8, 4) is 0 Å². The Morgan fingerprint density at radius 2 is 1.46 bits per heavy atom. The van der Waals surface area contributed by atoms with Crippen LogP contribution < -0.4 is 5.32 Å². The Morgan fingerprint density at radius 3 is 1.96 bits per heavy atom.